The molecule has 30 heavy (non-hydrogen) atoms. The van der Waals surface area contributed by atoms with Crippen molar-refractivity contribution in [1.29, 1.82) is 0 Å². The van der Waals surface area contributed by atoms with Crippen LogP contribution in [0, 0.1) is 18.2 Å². The molecule has 5 rings (SSSR count). The van der Waals surface area contributed by atoms with Crippen LogP contribution >= 0.6 is 0 Å². The Kier molecular flexibility index (Phi) is 4.52. The van der Waals surface area contributed by atoms with Crippen molar-refractivity contribution in [2.75, 3.05) is 13.1 Å². The molecule has 8 heteroatoms. The molecule has 1 aliphatic carbocycles. The molecule has 1 spiro atoms. The van der Waals surface area contributed by atoms with Crippen LogP contribution in [0.4, 0.5) is 4.39 Å². The maximum absolute atomic E-state index is 13.6. The normalized spacial score (nSPS) is 21.1. The first-order valence-corrected chi connectivity index (χ1v) is 11.5. The lowest BCUT2D eigenvalue weighted by Crippen LogP contribution is -2.39. The molecule has 156 valence electrons. The summed E-state index contributed by atoms with van der Waals surface area (Å²) in [6, 6.07) is 13.5. The van der Waals surface area contributed by atoms with E-state index in [1.165, 1.54) is 16.4 Å². The molecule has 0 N–H and O–H groups in total. The lowest BCUT2D eigenvalue weighted by atomic mass is 9.92. The average molecular weight is 428 g/mol. The molecule has 1 saturated carbocycles. The molecule has 0 radical (unpaired) electrons. The quantitative estimate of drug-likeness (QED) is 0.625. The van der Waals surface area contributed by atoms with Gasteiger partial charge in [0, 0.05) is 24.6 Å². The highest BCUT2D eigenvalue weighted by Gasteiger charge is 2.59. The van der Waals surface area contributed by atoms with Crippen LogP contribution in [0.5, 0.6) is 0 Å². The fourth-order valence-electron chi connectivity index (χ4n) is 4.49. The number of hydrogen-bond donors (Lipinski definition) is 0. The van der Waals surface area contributed by atoms with E-state index in [1.807, 2.05) is 30.3 Å². The van der Waals surface area contributed by atoms with Crippen LogP contribution in [0.3, 0.4) is 0 Å². The van der Waals surface area contributed by atoms with Gasteiger partial charge < -0.3 is 4.42 Å². The zero-order valence-electron chi connectivity index (χ0n) is 16.6. The number of aryl methyl sites for hydroxylation is 1. The lowest BCUT2D eigenvalue weighted by molar-refractivity contribution is 0.246. The van der Waals surface area contributed by atoms with Gasteiger partial charge in [0.15, 0.2) is 0 Å². The zero-order valence-corrected chi connectivity index (χ0v) is 17.4. The second-order valence-electron chi connectivity index (χ2n) is 8.24. The molecule has 2 heterocycles. The molecule has 1 atom stereocenters. The monoisotopic (exact) mass is 427 g/mol. The number of piperidine rings is 1. The second kappa shape index (κ2) is 6.99. The van der Waals surface area contributed by atoms with Crippen molar-refractivity contribution in [2.45, 2.75) is 37.0 Å². The molecular formula is C22H22FN3O3S. The SMILES string of the molecule is Cc1ccc(F)cc1S(=O)(=O)N1CCC2(CC1)C[C@@H]2c1nnc(-c2ccccc2)o1. The Labute approximate surface area is 174 Å². The highest BCUT2D eigenvalue weighted by molar-refractivity contribution is 7.89. The number of halogens is 1. The second-order valence-corrected chi connectivity index (χ2v) is 10.2. The van der Waals surface area contributed by atoms with E-state index >= 15 is 0 Å². The van der Waals surface area contributed by atoms with Gasteiger partial charge in [0.25, 0.3) is 0 Å². The van der Waals surface area contributed by atoms with E-state index in [4.69, 9.17) is 4.42 Å². The minimum absolute atomic E-state index is 0.0174. The van der Waals surface area contributed by atoms with Crippen molar-refractivity contribution in [3.63, 3.8) is 0 Å². The van der Waals surface area contributed by atoms with Gasteiger partial charge >= 0.3 is 0 Å². The first-order valence-electron chi connectivity index (χ1n) is 10.0. The Morgan fingerprint density at radius 2 is 1.83 bits per heavy atom. The van der Waals surface area contributed by atoms with Crippen LogP contribution in [0.1, 0.15) is 36.6 Å². The molecule has 2 aliphatic rings. The molecule has 6 nitrogen and oxygen atoms in total. The fourth-order valence-corrected chi connectivity index (χ4v) is 6.16. The van der Waals surface area contributed by atoms with Crippen LogP contribution in [0.25, 0.3) is 11.5 Å². The first kappa shape index (κ1) is 19.4. The Morgan fingerprint density at radius 1 is 1.10 bits per heavy atom. The van der Waals surface area contributed by atoms with Crippen LogP contribution in [-0.2, 0) is 10.0 Å². The van der Waals surface area contributed by atoms with Crippen molar-refractivity contribution in [3.05, 3.63) is 65.8 Å². The molecule has 2 fully saturated rings. The third kappa shape index (κ3) is 3.24. The maximum Gasteiger partial charge on any atom is 0.247 e. The van der Waals surface area contributed by atoms with Crippen molar-refractivity contribution in [2.24, 2.45) is 5.41 Å². The smallest absolute Gasteiger partial charge is 0.247 e. The summed E-state index contributed by atoms with van der Waals surface area (Å²) < 4.78 is 47.1. The topological polar surface area (TPSA) is 76.3 Å². The third-order valence-corrected chi connectivity index (χ3v) is 8.48. The summed E-state index contributed by atoms with van der Waals surface area (Å²) in [6.45, 7) is 2.51. The molecule has 0 bridgehead atoms. The van der Waals surface area contributed by atoms with E-state index in [1.54, 1.807) is 6.92 Å². The van der Waals surface area contributed by atoms with Gasteiger partial charge in [0.05, 0.1) is 4.90 Å². The van der Waals surface area contributed by atoms with Crippen LogP contribution in [-0.4, -0.2) is 36.0 Å². The van der Waals surface area contributed by atoms with E-state index in [0.717, 1.165) is 30.9 Å². The number of sulfonamides is 1. The van der Waals surface area contributed by atoms with Crippen LogP contribution < -0.4 is 0 Å². The summed E-state index contributed by atoms with van der Waals surface area (Å²) in [5.74, 6) is 0.768. The fraction of sp³-hybridized carbons (Fsp3) is 0.364. The average Bonchev–Trinajstić information content (AvgIpc) is 3.21. The maximum atomic E-state index is 13.6. The van der Waals surface area contributed by atoms with E-state index in [0.29, 0.717) is 30.4 Å². The number of nitrogens with zero attached hydrogens (tertiary/aromatic N) is 3. The van der Waals surface area contributed by atoms with Crippen molar-refractivity contribution in [3.8, 4) is 11.5 Å². The van der Waals surface area contributed by atoms with Gasteiger partial charge in [-0.05, 0) is 61.4 Å². The van der Waals surface area contributed by atoms with Gasteiger partial charge in [0.1, 0.15) is 5.82 Å². The molecular weight excluding hydrogens is 405 g/mol. The number of hydrogen-bond acceptors (Lipinski definition) is 5. The number of rotatable bonds is 4. The van der Waals surface area contributed by atoms with Crippen LogP contribution in [0.15, 0.2) is 57.8 Å². The highest BCUT2D eigenvalue weighted by atomic mass is 32.2. The summed E-state index contributed by atoms with van der Waals surface area (Å²) in [5, 5.41) is 8.43. The molecule has 1 aromatic heterocycles. The minimum Gasteiger partial charge on any atom is -0.420 e. The molecule has 3 aromatic rings. The Morgan fingerprint density at radius 3 is 2.57 bits per heavy atom. The summed E-state index contributed by atoms with van der Waals surface area (Å²) in [4.78, 5) is 0.0511. The van der Waals surface area contributed by atoms with E-state index < -0.39 is 15.8 Å². The summed E-state index contributed by atoms with van der Waals surface area (Å²) >= 11 is 0. The van der Waals surface area contributed by atoms with Crippen molar-refractivity contribution in [1.82, 2.24) is 14.5 Å². The minimum atomic E-state index is -3.71. The van der Waals surface area contributed by atoms with Crippen LogP contribution in [0.2, 0.25) is 0 Å². The predicted octanol–water partition coefficient (Wildman–Crippen LogP) is 4.14. The number of aromatic nitrogens is 2. The van der Waals surface area contributed by atoms with Gasteiger partial charge in [0.2, 0.25) is 21.8 Å². The van der Waals surface area contributed by atoms with Gasteiger partial charge in [-0.25, -0.2) is 12.8 Å². The Balaban J connectivity index is 1.29. The predicted molar refractivity (Wildman–Crippen MR) is 109 cm³/mol. The molecule has 2 aromatic carbocycles. The number of benzene rings is 2. The summed E-state index contributed by atoms with van der Waals surface area (Å²) in [6.07, 6.45) is 2.39. The van der Waals surface area contributed by atoms with Gasteiger partial charge in [-0.15, -0.1) is 10.2 Å². The third-order valence-electron chi connectivity index (χ3n) is 6.44. The first-order chi connectivity index (χ1) is 14.4. The van der Waals surface area contributed by atoms with E-state index in [2.05, 4.69) is 10.2 Å². The largest absolute Gasteiger partial charge is 0.420 e. The van der Waals surface area contributed by atoms with Crippen molar-refractivity contribution < 1.29 is 17.2 Å². The van der Waals surface area contributed by atoms with Gasteiger partial charge in [-0.2, -0.15) is 4.31 Å². The molecule has 0 unspecified atom stereocenters. The van der Waals surface area contributed by atoms with Gasteiger partial charge in [-0.3, -0.25) is 0 Å². The lowest BCUT2D eigenvalue weighted by Gasteiger charge is -2.32. The highest BCUT2D eigenvalue weighted by Crippen LogP contribution is 2.64. The molecule has 1 saturated heterocycles. The van der Waals surface area contributed by atoms with Crippen molar-refractivity contribution >= 4 is 10.0 Å². The molecule has 0 amide bonds. The summed E-state index contributed by atoms with van der Waals surface area (Å²) in [7, 11) is -3.71. The van der Waals surface area contributed by atoms with E-state index in [9.17, 15) is 12.8 Å². The Hall–Kier alpha value is -2.58. The standard InChI is InChI=1S/C22H22FN3O3S/c1-15-7-8-17(23)13-19(15)30(27,28)26-11-9-22(10-12-26)14-18(22)21-25-24-20(29-21)16-5-3-2-4-6-16/h2-8,13,18H,9-12,14H2,1H3/t18-/m1/s1. The Bertz CT molecular complexity index is 1190. The van der Waals surface area contributed by atoms with E-state index in [-0.39, 0.29) is 16.2 Å². The zero-order chi connectivity index (χ0) is 20.9. The molecule has 1 aliphatic heterocycles. The van der Waals surface area contributed by atoms with Gasteiger partial charge in [-0.1, -0.05) is 24.3 Å². The summed E-state index contributed by atoms with van der Waals surface area (Å²) in [5.41, 5.74) is 1.46.